The monoisotopic (exact) mass is 464 g/mol. The van der Waals surface area contributed by atoms with Crippen LogP contribution >= 0.6 is 11.6 Å². The van der Waals surface area contributed by atoms with E-state index >= 15 is 0 Å². The summed E-state index contributed by atoms with van der Waals surface area (Å²) in [6, 6.07) is 20.9. The Morgan fingerprint density at radius 2 is 1.45 bits per heavy atom. The molecule has 0 fully saturated rings. The van der Waals surface area contributed by atoms with Crippen LogP contribution in [-0.4, -0.2) is 12.6 Å². The lowest BCUT2D eigenvalue weighted by atomic mass is 10.0. The molecule has 0 bridgehead atoms. The van der Waals surface area contributed by atoms with Crippen molar-refractivity contribution in [3.63, 3.8) is 0 Å². The summed E-state index contributed by atoms with van der Waals surface area (Å²) in [5.41, 5.74) is 3.72. The lowest BCUT2D eigenvalue weighted by molar-refractivity contribution is 0.0734. The predicted molar refractivity (Wildman–Crippen MR) is 137 cm³/mol. The number of aryl methyl sites for hydroxylation is 1. The van der Waals surface area contributed by atoms with Crippen molar-refractivity contribution >= 4 is 17.6 Å². The molecule has 0 unspecified atom stereocenters. The van der Waals surface area contributed by atoms with E-state index in [1.54, 1.807) is 12.1 Å². The SMILES string of the molecule is CCCCCOc1ccc(-c2ccc(C(=O)Oc3ccc(CCCCC)cc3)cc2)cc1Cl. The number of esters is 1. The third kappa shape index (κ3) is 7.64. The molecule has 0 atom stereocenters. The highest BCUT2D eigenvalue weighted by molar-refractivity contribution is 6.32. The zero-order chi connectivity index (χ0) is 23.5. The Balaban J connectivity index is 1.58. The highest BCUT2D eigenvalue weighted by atomic mass is 35.5. The van der Waals surface area contributed by atoms with Gasteiger partial charge in [0.05, 0.1) is 17.2 Å². The molecule has 174 valence electrons. The van der Waals surface area contributed by atoms with Crippen LogP contribution in [0.4, 0.5) is 0 Å². The summed E-state index contributed by atoms with van der Waals surface area (Å²) in [5.74, 6) is 0.895. The van der Waals surface area contributed by atoms with Crippen molar-refractivity contribution in [1.29, 1.82) is 0 Å². The number of ether oxygens (including phenoxy) is 2. The first-order chi connectivity index (χ1) is 16.1. The number of halogens is 1. The van der Waals surface area contributed by atoms with Gasteiger partial charge in [0.2, 0.25) is 0 Å². The molecule has 3 nitrogen and oxygen atoms in total. The molecule has 0 saturated heterocycles. The van der Waals surface area contributed by atoms with Gasteiger partial charge in [0, 0.05) is 0 Å². The molecular weight excluding hydrogens is 432 g/mol. The van der Waals surface area contributed by atoms with Crippen molar-refractivity contribution in [3.8, 4) is 22.6 Å². The van der Waals surface area contributed by atoms with Crippen LogP contribution < -0.4 is 9.47 Å². The number of carbonyl (C=O) groups is 1. The van der Waals surface area contributed by atoms with E-state index in [1.807, 2.05) is 54.6 Å². The highest BCUT2D eigenvalue weighted by Crippen LogP contribution is 2.31. The quantitative estimate of drug-likeness (QED) is 0.153. The van der Waals surface area contributed by atoms with E-state index in [0.29, 0.717) is 28.7 Å². The predicted octanol–water partition coefficient (Wildman–Crippen LogP) is 8.53. The molecular formula is C29H33ClO3. The number of hydrogen-bond donors (Lipinski definition) is 0. The highest BCUT2D eigenvalue weighted by Gasteiger charge is 2.10. The summed E-state index contributed by atoms with van der Waals surface area (Å²) in [7, 11) is 0. The van der Waals surface area contributed by atoms with Gasteiger partial charge in [-0.25, -0.2) is 4.79 Å². The van der Waals surface area contributed by atoms with Crippen LogP contribution in [0.25, 0.3) is 11.1 Å². The van der Waals surface area contributed by atoms with Gasteiger partial charge in [0.15, 0.2) is 0 Å². The lowest BCUT2D eigenvalue weighted by Gasteiger charge is -2.10. The van der Waals surface area contributed by atoms with Gasteiger partial charge in [0.25, 0.3) is 0 Å². The molecule has 3 aromatic rings. The number of unbranched alkanes of at least 4 members (excludes halogenated alkanes) is 4. The fraction of sp³-hybridized carbons (Fsp3) is 0.345. The molecule has 0 radical (unpaired) electrons. The first-order valence-electron chi connectivity index (χ1n) is 11.9. The lowest BCUT2D eigenvalue weighted by Crippen LogP contribution is -2.08. The molecule has 0 aliphatic carbocycles. The van der Waals surface area contributed by atoms with Crippen molar-refractivity contribution in [1.82, 2.24) is 0 Å². The Hall–Kier alpha value is -2.78. The average molecular weight is 465 g/mol. The van der Waals surface area contributed by atoms with Crippen LogP contribution in [-0.2, 0) is 6.42 Å². The minimum absolute atomic E-state index is 0.367. The fourth-order valence-electron chi connectivity index (χ4n) is 3.60. The van der Waals surface area contributed by atoms with E-state index in [0.717, 1.165) is 36.8 Å². The van der Waals surface area contributed by atoms with Gasteiger partial charge < -0.3 is 9.47 Å². The third-order valence-electron chi connectivity index (χ3n) is 5.59. The van der Waals surface area contributed by atoms with Gasteiger partial charge in [-0.05, 0) is 72.4 Å². The Bertz CT molecular complexity index is 1010. The Morgan fingerprint density at radius 3 is 2.12 bits per heavy atom. The molecule has 0 heterocycles. The van der Waals surface area contributed by atoms with Gasteiger partial charge in [-0.1, -0.05) is 81.5 Å². The second kappa shape index (κ2) is 13.1. The number of benzene rings is 3. The van der Waals surface area contributed by atoms with Crippen LogP contribution in [0.1, 0.15) is 68.3 Å². The molecule has 0 aliphatic heterocycles. The standard InChI is InChI=1S/C29H33ClO3/c1-3-5-7-9-22-10-17-26(18-11-22)33-29(31)24-14-12-23(13-15-24)25-16-19-28(27(30)21-25)32-20-8-6-4-2/h10-19,21H,3-9,20H2,1-2H3. The summed E-state index contributed by atoms with van der Waals surface area (Å²) < 4.78 is 11.3. The summed E-state index contributed by atoms with van der Waals surface area (Å²) in [4.78, 5) is 12.5. The topological polar surface area (TPSA) is 35.5 Å². The molecule has 3 aromatic carbocycles. The van der Waals surface area contributed by atoms with E-state index in [9.17, 15) is 4.79 Å². The molecule has 0 saturated carbocycles. The summed E-state index contributed by atoms with van der Waals surface area (Å²) in [6.07, 6.45) is 8.01. The number of carbonyl (C=O) groups excluding carboxylic acids is 1. The molecule has 0 N–H and O–H groups in total. The molecule has 3 rings (SSSR count). The van der Waals surface area contributed by atoms with Crippen LogP contribution in [0.15, 0.2) is 66.7 Å². The Labute approximate surface area is 202 Å². The van der Waals surface area contributed by atoms with E-state index < -0.39 is 0 Å². The molecule has 0 amide bonds. The third-order valence-corrected chi connectivity index (χ3v) is 5.89. The maximum Gasteiger partial charge on any atom is 0.343 e. The first-order valence-corrected chi connectivity index (χ1v) is 12.3. The van der Waals surface area contributed by atoms with Crippen molar-refractivity contribution < 1.29 is 14.3 Å². The van der Waals surface area contributed by atoms with Crippen molar-refractivity contribution in [2.75, 3.05) is 6.61 Å². The van der Waals surface area contributed by atoms with Gasteiger partial charge >= 0.3 is 5.97 Å². The van der Waals surface area contributed by atoms with E-state index in [1.165, 1.54) is 24.8 Å². The van der Waals surface area contributed by atoms with E-state index in [2.05, 4.69) is 13.8 Å². The zero-order valence-electron chi connectivity index (χ0n) is 19.6. The van der Waals surface area contributed by atoms with Crippen LogP contribution in [0.2, 0.25) is 5.02 Å². The van der Waals surface area contributed by atoms with Crippen molar-refractivity contribution in [3.05, 3.63) is 82.9 Å². The van der Waals surface area contributed by atoms with Gasteiger partial charge in [0.1, 0.15) is 11.5 Å². The smallest absolute Gasteiger partial charge is 0.343 e. The Morgan fingerprint density at radius 1 is 0.788 bits per heavy atom. The van der Waals surface area contributed by atoms with Crippen LogP contribution in [0, 0.1) is 0 Å². The number of rotatable bonds is 12. The minimum atomic E-state index is -0.367. The zero-order valence-corrected chi connectivity index (χ0v) is 20.4. The second-order valence-electron chi connectivity index (χ2n) is 8.27. The normalized spacial score (nSPS) is 10.8. The minimum Gasteiger partial charge on any atom is -0.492 e. The summed E-state index contributed by atoms with van der Waals surface area (Å²) >= 11 is 6.41. The van der Waals surface area contributed by atoms with Crippen LogP contribution in [0.5, 0.6) is 11.5 Å². The van der Waals surface area contributed by atoms with E-state index in [-0.39, 0.29) is 5.97 Å². The molecule has 0 aromatic heterocycles. The number of hydrogen-bond acceptors (Lipinski definition) is 3. The fourth-order valence-corrected chi connectivity index (χ4v) is 3.83. The van der Waals surface area contributed by atoms with Crippen LogP contribution in [0.3, 0.4) is 0 Å². The molecule has 0 aliphatic rings. The summed E-state index contributed by atoms with van der Waals surface area (Å²) in [5, 5.41) is 0.589. The van der Waals surface area contributed by atoms with Gasteiger partial charge in [-0.3, -0.25) is 0 Å². The second-order valence-corrected chi connectivity index (χ2v) is 8.68. The average Bonchev–Trinajstić information content (AvgIpc) is 2.84. The molecule has 0 spiro atoms. The Kier molecular flexibility index (Phi) is 9.83. The largest absolute Gasteiger partial charge is 0.492 e. The van der Waals surface area contributed by atoms with Gasteiger partial charge in [-0.15, -0.1) is 0 Å². The first kappa shape index (κ1) is 24.9. The van der Waals surface area contributed by atoms with Crippen molar-refractivity contribution in [2.24, 2.45) is 0 Å². The maximum absolute atomic E-state index is 12.5. The van der Waals surface area contributed by atoms with Gasteiger partial charge in [-0.2, -0.15) is 0 Å². The molecule has 33 heavy (non-hydrogen) atoms. The molecule has 4 heteroatoms. The van der Waals surface area contributed by atoms with E-state index in [4.69, 9.17) is 21.1 Å². The van der Waals surface area contributed by atoms with Crippen molar-refractivity contribution in [2.45, 2.75) is 58.8 Å². The summed E-state index contributed by atoms with van der Waals surface area (Å²) in [6.45, 7) is 5.04. The maximum atomic E-state index is 12.5.